The summed E-state index contributed by atoms with van der Waals surface area (Å²) < 4.78 is 0. The van der Waals surface area contributed by atoms with Crippen LogP contribution in [0.25, 0.3) is 0 Å². The fourth-order valence-corrected chi connectivity index (χ4v) is 2.49. The molecule has 1 aliphatic heterocycles. The van der Waals surface area contributed by atoms with Gasteiger partial charge in [0.15, 0.2) is 0 Å². The van der Waals surface area contributed by atoms with Crippen LogP contribution < -0.4 is 0 Å². The zero-order valence-corrected chi connectivity index (χ0v) is 12.1. The molecule has 116 valence electrons. The second-order valence-corrected chi connectivity index (χ2v) is 5.38. The molecule has 0 aromatic rings. The monoisotopic (exact) mass is 286 g/mol. The van der Waals surface area contributed by atoms with Crippen molar-refractivity contribution in [1.82, 2.24) is 9.80 Å². The van der Waals surface area contributed by atoms with Gasteiger partial charge in [-0.3, -0.25) is 9.59 Å². The second kappa shape index (κ2) is 9.72. The predicted octanol–water partition coefficient (Wildman–Crippen LogP) is 1.11. The molecule has 1 heterocycles. The summed E-state index contributed by atoms with van der Waals surface area (Å²) in [5, 5.41) is 17.5. The van der Waals surface area contributed by atoms with Crippen molar-refractivity contribution in [3.63, 3.8) is 0 Å². The summed E-state index contributed by atoms with van der Waals surface area (Å²) in [4.78, 5) is 25.6. The fourth-order valence-electron chi connectivity index (χ4n) is 2.49. The summed E-state index contributed by atoms with van der Waals surface area (Å²) in [5.41, 5.74) is 0. The molecule has 0 radical (unpaired) electrons. The molecule has 1 saturated heterocycles. The number of aliphatic carboxylic acids is 2. The topological polar surface area (TPSA) is 81.1 Å². The maximum atomic E-state index is 10.6. The van der Waals surface area contributed by atoms with Gasteiger partial charge in [-0.05, 0) is 25.9 Å². The lowest BCUT2D eigenvalue weighted by molar-refractivity contribution is -0.137. The molecule has 6 heteroatoms. The van der Waals surface area contributed by atoms with E-state index in [1.54, 1.807) is 0 Å². The Balaban J connectivity index is 2.32. The van der Waals surface area contributed by atoms with Gasteiger partial charge in [-0.15, -0.1) is 0 Å². The molecule has 0 atom stereocenters. The number of rotatable bonds is 9. The van der Waals surface area contributed by atoms with Crippen molar-refractivity contribution in [2.24, 2.45) is 0 Å². The molecular weight excluding hydrogens is 260 g/mol. The second-order valence-electron chi connectivity index (χ2n) is 5.38. The number of carboxylic acids is 2. The number of nitrogens with zero attached hydrogens (tertiary/aromatic N) is 2. The van der Waals surface area contributed by atoms with E-state index in [-0.39, 0.29) is 12.8 Å². The Hall–Kier alpha value is -1.14. The summed E-state index contributed by atoms with van der Waals surface area (Å²) in [6.45, 7) is 4.71. The van der Waals surface area contributed by atoms with Gasteiger partial charge in [0.25, 0.3) is 0 Å². The molecule has 0 spiro atoms. The molecule has 0 aromatic carbocycles. The molecule has 0 aromatic heterocycles. The third-order valence-electron chi connectivity index (χ3n) is 3.71. The average Bonchev–Trinajstić information content (AvgIpc) is 2.66. The molecule has 1 rings (SSSR count). The number of hydrogen-bond acceptors (Lipinski definition) is 4. The number of carbonyl (C=O) groups is 2. The molecule has 6 nitrogen and oxygen atoms in total. The van der Waals surface area contributed by atoms with Gasteiger partial charge in [0.05, 0.1) is 12.8 Å². The van der Waals surface area contributed by atoms with Gasteiger partial charge in [-0.2, -0.15) is 0 Å². The average molecular weight is 286 g/mol. The van der Waals surface area contributed by atoms with E-state index in [2.05, 4.69) is 4.90 Å². The van der Waals surface area contributed by atoms with Gasteiger partial charge in [0, 0.05) is 26.2 Å². The third-order valence-corrected chi connectivity index (χ3v) is 3.71. The highest BCUT2D eigenvalue weighted by atomic mass is 16.4. The minimum absolute atomic E-state index is 0.0691. The fraction of sp³-hybridized carbons (Fsp3) is 0.857. The first kappa shape index (κ1) is 16.9. The van der Waals surface area contributed by atoms with Crippen molar-refractivity contribution < 1.29 is 19.8 Å². The minimum atomic E-state index is -0.833. The van der Waals surface area contributed by atoms with Crippen LogP contribution in [0.2, 0.25) is 0 Å². The SMILES string of the molecule is O=C(O)CCN(CCC(=O)O)CCN1CCCCCC1. The Kier molecular flexibility index (Phi) is 8.22. The van der Waals surface area contributed by atoms with E-state index in [1.807, 2.05) is 4.90 Å². The van der Waals surface area contributed by atoms with Crippen LogP contribution in [-0.2, 0) is 9.59 Å². The van der Waals surface area contributed by atoms with E-state index in [1.165, 1.54) is 25.7 Å². The smallest absolute Gasteiger partial charge is 0.304 e. The first-order chi connectivity index (χ1) is 9.58. The minimum Gasteiger partial charge on any atom is -0.481 e. The lowest BCUT2D eigenvalue weighted by Crippen LogP contribution is -2.37. The highest BCUT2D eigenvalue weighted by Crippen LogP contribution is 2.09. The molecule has 2 N–H and O–H groups in total. The summed E-state index contributed by atoms with van der Waals surface area (Å²) in [7, 11) is 0. The van der Waals surface area contributed by atoms with Crippen LogP contribution in [0.3, 0.4) is 0 Å². The summed E-state index contributed by atoms with van der Waals surface area (Å²) >= 11 is 0. The summed E-state index contributed by atoms with van der Waals surface area (Å²) in [6.07, 6.45) is 5.17. The van der Waals surface area contributed by atoms with Crippen molar-refractivity contribution in [3.05, 3.63) is 0 Å². The van der Waals surface area contributed by atoms with Crippen molar-refractivity contribution in [2.45, 2.75) is 38.5 Å². The lowest BCUT2D eigenvalue weighted by atomic mass is 10.2. The maximum Gasteiger partial charge on any atom is 0.304 e. The molecule has 0 bridgehead atoms. The van der Waals surface area contributed by atoms with E-state index in [0.717, 1.165) is 26.2 Å². The van der Waals surface area contributed by atoms with Crippen LogP contribution in [0.5, 0.6) is 0 Å². The Bertz CT molecular complexity index is 284. The Morgan fingerprint density at radius 2 is 1.35 bits per heavy atom. The zero-order valence-electron chi connectivity index (χ0n) is 12.1. The highest BCUT2D eigenvalue weighted by Gasteiger charge is 2.13. The van der Waals surface area contributed by atoms with Gasteiger partial charge in [0.1, 0.15) is 0 Å². The van der Waals surface area contributed by atoms with Crippen LogP contribution in [0.1, 0.15) is 38.5 Å². The van der Waals surface area contributed by atoms with Crippen LogP contribution in [0.15, 0.2) is 0 Å². The van der Waals surface area contributed by atoms with Crippen LogP contribution in [0, 0.1) is 0 Å². The van der Waals surface area contributed by atoms with Crippen LogP contribution in [0.4, 0.5) is 0 Å². The Labute approximate surface area is 120 Å². The number of carboxylic acid groups (broad SMARTS) is 2. The zero-order chi connectivity index (χ0) is 14.8. The van der Waals surface area contributed by atoms with Gasteiger partial charge < -0.3 is 20.0 Å². The maximum absolute atomic E-state index is 10.6. The molecule has 0 saturated carbocycles. The number of hydrogen-bond donors (Lipinski definition) is 2. The van der Waals surface area contributed by atoms with E-state index in [9.17, 15) is 9.59 Å². The van der Waals surface area contributed by atoms with Crippen molar-refractivity contribution in [3.8, 4) is 0 Å². The van der Waals surface area contributed by atoms with Gasteiger partial charge in [-0.25, -0.2) is 0 Å². The van der Waals surface area contributed by atoms with Gasteiger partial charge in [0.2, 0.25) is 0 Å². The first-order valence-corrected chi connectivity index (χ1v) is 7.46. The van der Waals surface area contributed by atoms with E-state index in [4.69, 9.17) is 10.2 Å². The van der Waals surface area contributed by atoms with Gasteiger partial charge >= 0.3 is 11.9 Å². The highest BCUT2D eigenvalue weighted by molar-refractivity contribution is 5.67. The van der Waals surface area contributed by atoms with Crippen LogP contribution >= 0.6 is 0 Å². The summed E-state index contributed by atoms with van der Waals surface area (Å²) in [5.74, 6) is -1.67. The molecule has 1 fully saturated rings. The van der Waals surface area contributed by atoms with E-state index < -0.39 is 11.9 Å². The largest absolute Gasteiger partial charge is 0.481 e. The normalized spacial score (nSPS) is 17.1. The third kappa shape index (κ3) is 8.12. The molecule has 0 amide bonds. The van der Waals surface area contributed by atoms with Crippen molar-refractivity contribution in [2.75, 3.05) is 39.3 Å². The van der Waals surface area contributed by atoms with Crippen LogP contribution in [-0.4, -0.2) is 71.2 Å². The quantitative estimate of drug-likeness (QED) is 0.661. The Morgan fingerprint density at radius 3 is 1.80 bits per heavy atom. The molecular formula is C14H26N2O4. The van der Waals surface area contributed by atoms with E-state index >= 15 is 0 Å². The molecule has 0 unspecified atom stereocenters. The molecule has 0 aliphatic carbocycles. The van der Waals surface area contributed by atoms with E-state index in [0.29, 0.717) is 13.1 Å². The first-order valence-electron chi connectivity index (χ1n) is 7.46. The Morgan fingerprint density at radius 1 is 0.850 bits per heavy atom. The number of likely N-dealkylation sites (tertiary alicyclic amines) is 1. The summed E-state index contributed by atoms with van der Waals surface area (Å²) in [6, 6.07) is 0. The lowest BCUT2D eigenvalue weighted by Gasteiger charge is -2.26. The predicted molar refractivity (Wildman–Crippen MR) is 75.9 cm³/mol. The van der Waals surface area contributed by atoms with Gasteiger partial charge in [-0.1, -0.05) is 12.8 Å². The standard InChI is InChI=1S/C14H26N2O4/c17-13(18)5-9-16(10-6-14(19)20)12-11-15-7-3-1-2-4-8-15/h1-12H2,(H,17,18)(H,19,20). The van der Waals surface area contributed by atoms with Crippen molar-refractivity contribution >= 4 is 11.9 Å². The molecule has 1 aliphatic rings. The molecule has 20 heavy (non-hydrogen) atoms. The van der Waals surface area contributed by atoms with Crippen molar-refractivity contribution in [1.29, 1.82) is 0 Å².